The summed E-state index contributed by atoms with van der Waals surface area (Å²) in [6, 6.07) is 10.8. The summed E-state index contributed by atoms with van der Waals surface area (Å²) in [7, 11) is 3.31. The molecule has 1 aliphatic rings. The molecule has 1 aromatic heterocycles. The van der Waals surface area contributed by atoms with Crippen LogP contribution in [0.4, 0.5) is 0 Å². The number of carbonyl (C=O) groups excluding carboxylic acids is 2. The van der Waals surface area contributed by atoms with Gasteiger partial charge in [-0.3, -0.25) is 9.59 Å². The van der Waals surface area contributed by atoms with Crippen molar-refractivity contribution in [3.05, 3.63) is 56.7 Å². The van der Waals surface area contributed by atoms with Crippen LogP contribution < -0.4 is 5.32 Å². The summed E-state index contributed by atoms with van der Waals surface area (Å²) in [4.78, 5) is 32.0. The third-order valence-corrected chi connectivity index (χ3v) is 5.32. The molecule has 1 atom stereocenters. The van der Waals surface area contributed by atoms with Crippen molar-refractivity contribution in [2.45, 2.75) is 19.1 Å². The minimum Gasteiger partial charge on any atom is -0.382 e. The standard InChI is InChI=1S/C18H18ClN3O3S/c1-20-17(23)12-5-3-11(4-6-12)10-22(2)18(24)14-9-13(21-25-14)15-7-8-16(19)26-15/h3-8,14H,9-10H2,1-2H3,(H,20,23)/t14-/m1/s1. The Bertz CT molecular complexity index is 848. The monoisotopic (exact) mass is 391 g/mol. The molecule has 26 heavy (non-hydrogen) atoms. The number of carbonyl (C=O) groups is 2. The van der Waals surface area contributed by atoms with Gasteiger partial charge in [0.2, 0.25) is 6.10 Å². The SMILES string of the molecule is CNC(=O)c1ccc(CN(C)C(=O)[C@H]2CC(c3ccc(Cl)s3)=NO2)cc1. The second kappa shape index (κ2) is 7.88. The highest BCUT2D eigenvalue weighted by Crippen LogP contribution is 2.27. The van der Waals surface area contributed by atoms with Crippen molar-refractivity contribution in [1.82, 2.24) is 10.2 Å². The van der Waals surface area contributed by atoms with Crippen molar-refractivity contribution >= 4 is 40.5 Å². The lowest BCUT2D eigenvalue weighted by molar-refractivity contribution is -0.141. The molecule has 2 heterocycles. The number of rotatable bonds is 5. The summed E-state index contributed by atoms with van der Waals surface area (Å²) in [5.41, 5.74) is 2.25. The maximum Gasteiger partial charge on any atom is 0.266 e. The maximum absolute atomic E-state index is 12.6. The third kappa shape index (κ3) is 4.05. The van der Waals surface area contributed by atoms with Crippen LogP contribution in [0.2, 0.25) is 4.34 Å². The Morgan fingerprint density at radius 1 is 1.31 bits per heavy atom. The lowest BCUT2D eigenvalue weighted by atomic mass is 10.1. The van der Waals surface area contributed by atoms with Gasteiger partial charge in [0.05, 0.1) is 9.21 Å². The summed E-state index contributed by atoms with van der Waals surface area (Å²) < 4.78 is 0.676. The van der Waals surface area contributed by atoms with Crippen LogP contribution in [0.1, 0.15) is 27.2 Å². The first-order chi connectivity index (χ1) is 12.5. The highest BCUT2D eigenvalue weighted by atomic mass is 35.5. The minimum absolute atomic E-state index is 0.137. The molecule has 1 aliphatic heterocycles. The second-order valence-electron chi connectivity index (χ2n) is 5.91. The highest BCUT2D eigenvalue weighted by molar-refractivity contribution is 7.18. The fraction of sp³-hybridized carbons (Fsp3) is 0.278. The third-order valence-electron chi connectivity index (χ3n) is 4.04. The Morgan fingerprint density at radius 3 is 2.65 bits per heavy atom. The molecule has 0 unspecified atom stereocenters. The number of oxime groups is 1. The topological polar surface area (TPSA) is 71.0 Å². The van der Waals surface area contributed by atoms with E-state index in [1.54, 1.807) is 37.2 Å². The minimum atomic E-state index is -0.624. The number of thiophene rings is 1. The van der Waals surface area contributed by atoms with Gasteiger partial charge in [0.25, 0.3) is 11.8 Å². The number of hydrogen-bond acceptors (Lipinski definition) is 5. The van der Waals surface area contributed by atoms with Gasteiger partial charge in [-0.1, -0.05) is 28.9 Å². The van der Waals surface area contributed by atoms with E-state index >= 15 is 0 Å². The van der Waals surface area contributed by atoms with Crippen molar-refractivity contribution in [2.24, 2.45) is 5.16 Å². The van der Waals surface area contributed by atoms with Gasteiger partial charge < -0.3 is 15.1 Å². The van der Waals surface area contributed by atoms with Crippen molar-refractivity contribution in [1.29, 1.82) is 0 Å². The largest absolute Gasteiger partial charge is 0.382 e. The number of nitrogens with zero attached hydrogens (tertiary/aromatic N) is 2. The molecule has 0 aliphatic carbocycles. The molecular weight excluding hydrogens is 374 g/mol. The molecule has 3 rings (SSSR count). The fourth-order valence-corrected chi connectivity index (χ4v) is 3.66. The zero-order valence-corrected chi connectivity index (χ0v) is 15.9. The number of halogens is 1. The van der Waals surface area contributed by atoms with Gasteiger partial charge in [-0.25, -0.2) is 0 Å². The van der Waals surface area contributed by atoms with Crippen molar-refractivity contribution in [2.75, 3.05) is 14.1 Å². The van der Waals surface area contributed by atoms with Gasteiger partial charge in [-0.2, -0.15) is 0 Å². The Kier molecular flexibility index (Phi) is 5.58. The van der Waals surface area contributed by atoms with E-state index in [2.05, 4.69) is 10.5 Å². The molecule has 0 spiro atoms. The summed E-state index contributed by atoms with van der Waals surface area (Å²) in [5, 5.41) is 6.60. The van der Waals surface area contributed by atoms with Crippen LogP contribution in [0.15, 0.2) is 41.6 Å². The van der Waals surface area contributed by atoms with Gasteiger partial charge >= 0.3 is 0 Å². The summed E-state index contributed by atoms with van der Waals surface area (Å²) >= 11 is 7.35. The second-order valence-corrected chi connectivity index (χ2v) is 7.63. The average molecular weight is 392 g/mol. The van der Waals surface area contributed by atoms with Crippen LogP contribution in [0.25, 0.3) is 0 Å². The average Bonchev–Trinajstić information content (AvgIpc) is 3.30. The van der Waals surface area contributed by atoms with E-state index in [0.29, 0.717) is 22.9 Å². The lowest BCUT2D eigenvalue weighted by Gasteiger charge is -2.20. The molecule has 6 nitrogen and oxygen atoms in total. The van der Waals surface area contributed by atoms with E-state index in [1.807, 2.05) is 18.2 Å². The number of likely N-dealkylation sites (N-methyl/N-ethyl adjacent to an activating group) is 1. The van der Waals surface area contributed by atoms with E-state index in [-0.39, 0.29) is 11.8 Å². The van der Waals surface area contributed by atoms with Crippen LogP contribution in [0, 0.1) is 0 Å². The smallest absolute Gasteiger partial charge is 0.266 e. The lowest BCUT2D eigenvalue weighted by Crippen LogP contribution is -2.36. The normalized spacial score (nSPS) is 16.0. The first-order valence-electron chi connectivity index (χ1n) is 8.02. The first-order valence-corrected chi connectivity index (χ1v) is 9.21. The molecule has 2 amide bonds. The molecule has 0 saturated carbocycles. The van der Waals surface area contributed by atoms with Crippen LogP contribution in [0.3, 0.4) is 0 Å². The van der Waals surface area contributed by atoms with E-state index < -0.39 is 6.10 Å². The Labute approximate surface area is 160 Å². The molecule has 1 N–H and O–H groups in total. The Hall–Kier alpha value is -2.38. The maximum atomic E-state index is 12.6. The summed E-state index contributed by atoms with van der Waals surface area (Å²) in [6.07, 6.45) is -0.198. The predicted molar refractivity (Wildman–Crippen MR) is 102 cm³/mol. The van der Waals surface area contributed by atoms with Gasteiger partial charge in [-0.05, 0) is 29.8 Å². The molecule has 0 saturated heterocycles. The van der Waals surface area contributed by atoms with Crippen LogP contribution >= 0.6 is 22.9 Å². The van der Waals surface area contributed by atoms with Gasteiger partial charge in [-0.15, -0.1) is 11.3 Å². The zero-order chi connectivity index (χ0) is 18.7. The highest BCUT2D eigenvalue weighted by Gasteiger charge is 2.31. The van der Waals surface area contributed by atoms with E-state index in [9.17, 15) is 9.59 Å². The molecule has 0 fully saturated rings. The Morgan fingerprint density at radius 2 is 2.04 bits per heavy atom. The molecule has 0 radical (unpaired) electrons. The molecule has 136 valence electrons. The number of amides is 2. The summed E-state index contributed by atoms with van der Waals surface area (Å²) in [5.74, 6) is -0.277. The molecule has 8 heteroatoms. The van der Waals surface area contributed by atoms with E-state index in [1.165, 1.54) is 11.3 Å². The van der Waals surface area contributed by atoms with Gasteiger partial charge in [0.1, 0.15) is 5.71 Å². The van der Waals surface area contributed by atoms with E-state index in [0.717, 1.165) is 16.2 Å². The van der Waals surface area contributed by atoms with Crippen LogP contribution in [0.5, 0.6) is 0 Å². The van der Waals surface area contributed by atoms with Crippen molar-refractivity contribution < 1.29 is 14.4 Å². The number of hydrogen-bond donors (Lipinski definition) is 1. The fourth-order valence-electron chi connectivity index (χ4n) is 2.63. The molecule has 0 bridgehead atoms. The van der Waals surface area contributed by atoms with Crippen LogP contribution in [-0.4, -0.2) is 42.6 Å². The van der Waals surface area contributed by atoms with Crippen molar-refractivity contribution in [3.63, 3.8) is 0 Å². The Balaban J connectivity index is 1.58. The summed E-state index contributed by atoms with van der Waals surface area (Å²) in [6.45, 7) is 0.423. The number of benzene rings is 1. The quantitative estimate of drug-likeness (QED) is 0.851. The van der Waals surface area contributed by atoms with Crippen molar-refractivity contribution in [3.8, 4) is 0 Å². The predicted octanol–water partition coefficient (Wildman–Crippen LogP) is 2.91. The van der Waals surface area contributed by atoms with Crippen LogP contribution in [-0.2, 0) is 16.2 Å². The van der Waals surface area contributed by atoms with Gasteiger partial charge in [0.15, 0.2) is 0 Å². The molecular formula is C18H18ClN3O3S. The van der Waals surface area contributed by atoms with E-state index in [4.69, 9.17) is 16.4 Å². The molecule has 2 aromatic rings. The first kappa shape index (κ1) is 18.4. The van der Waals surface area contributed by atoms with Gasteiger partial charge in [0, 0.05) is 32.6 Å². The number of nitrogens with one attached hydrogen (secondary N) is 1. The zero-order valence-electron chi connectivity index (χ0n) is 14.4. The molecule has 1 aromatic carbocycles.